The van der Waals surface area contributed by atoms with Crippen molar-refractivity contribution >= 4 is 0 Å². The Morgan fingerprint density at radius 2 is 2.00 bits per heavy atom. The average Bonchev–Trinajstić information content (AvgIpc) is 2.41. The Bertz CT molecular complexity index is 517. The Morgan fingerprint density at radius 3 is 2.67 bits per heavy atom. The van der Waals surface area contributed by atoms with E-state index in [2.05, 4.69) is 9.97 Å². The first-order chi connectivity index (χ1) is 8.69. The fourth-order valence-electron chi connectivity index (χ4n) is 1.60. The van der Waals surface area contributed by atoms with E-state index < -0.39 is 6.10 Å². The summed E-state index contributed by atoms with van der Waals surface area (Å²) < 4.78 is 17.7. The van der Waals surface area contributed by atoms with Crippen LogP contribution in [0.3, 0.4) is 0 Å². The second-order valence-electron chi connectivity index (χ2n) is 3.83. The van der Waals surface area contributed by atoms with Gasteiger partial charge < -0.3 is 9.84 Å². The van der Waals surface area contributed by atoms with E-state index in [-0.39, 0.29) is 5.82 Å². The van der Waals surface area contributed by atoms with E-state index in [9.17, 15) is 9.50 Å². The molecule has 0 saturated heterocycles. The molecule has 18 heavy (non-hydrogen) atoms. The number of nitrogens with zero attached hydrogens (tertiary/aromatic N) is 2. The molecule has 4 nitrogen and oxygen atoms in total. The summed E-state index contributed by atoms with van der Waals surface area (Å²) in [4.78, 5) is 7.85. The highest BCUT2D eigenvalue weighted by Crippen LogP contribution is 2.18. The van der Waals surface area contributed by atoms with Crippen LogP contribution in [0.15, 0.2) is 36.7 Å². The number of hydrogen-bond donors (Lipinski definition) is 1. The Kier molecular flexibility index (Phi) is 3.84. The number of rotatable bonds is 4. The van der Waals surface area contributed by atoms with Crippen LogP contribution < -0.4 is 4.74 Å². The summed E-state index contributed by atoms with van der Waals surface area (Å²) in [7, 11) is 1.50. The van der Waals surface area contributed by atoms with E-state index in [1.165, 1.54) is 25.6 Å². The van der Waals surface area contributed by atoms with Crippen LogP contribution in [-0.2, 0) is 6.42 Å². The molecule has 1 atom stereocenters. The molecule has 1 N–H and O–H groups in total. The summed E-state index contributed by atoms with van der Waals surface area (Å²) in [5.41, 5.74) is 1.31. The van der Waals surface area contributed by atoms with E-state index in [0.29, 0.717) is 18.0 Å². The fraction of sp³-hybridized carbons (Fsp3) is 0.231. The van der Waals surface area contributed by atoms with E-state index in [0.717, 1.165) is 5.56 Å². The number of methoxy groups -OCH3 is 1. The quantitative estimate of drug-likeness (QED) is 0.897. The largest absolute Gasteiger partial charge is 0.481 e. The second kappa shape index (κ2) is 5.55. The highest BCUT2D eigenvalue weighted by molar-refractivity contribution is 5.21. The number of benzene rings is 1. The maximum Gasteiger partial charge on any atom is 0.216 e. The lowest BCUT2D eigenvalue weighted by Gasteiger charge is -2.10. The zero-order valence-corrected chi connectivity index (χ0v) is 9.88. The van der Waals surface area contributed by atoms with Crippen molar-refractivity contribution < 1.29 is 14.2 Å². The molecule has 1 aromatic carbocycles. The van der Waals surface area contributed by atoms with Gasteiger partial charge in [0.1, 0.15) is 18.2 Å². The molecule has 94 valence electrons. The molecule has 2 rings (SSSR count). The summed E-state index contributed by atoms with van der Waals surface area (Å²) in [6, 6.07) is 7.58. The molecule has 5 heteroatoms. The molecular formula is C13H13FN2O2. The van der Waals surface area contributed by atoms with Gasteiger partial charge in [0.2, 0.25) is 5.88 Å². The standard InChI is InChI=1S/C13H13FN2O2/c1-18-13-7-11(15-8-16-13)12(17)6-9-2-4-10(14)5-3-9/h2-5,7-8,12,17H,6H2,1H3. The van der Waals surface area contributed by atoms with Crippen LogP contribution in [0.5, 0.6) is 5.88 Å². The predicted octanol–water partition coefficient (Wildman–Crippen LogP) is 1.90. The van der Waals surface area contributed by atoms with Crippen LogP contribution in [0.1, 0.15) is 17.4 Å². The van der Waals surface area contributed by atoms with Gasteiger partial charge in [-0.15, -0.1) is 0 Å². The Morgan fingerprint density at radius 1 is 1.28 bits per heavy atom. The van der Waals surface area contributed by atoms with E-state index in [1.807, 2.05) is 0 Å². The van der Waals surface area contributed by atoms with Crippen LogP contribution >= 0.6 is 0 Å². The smallest absolute Gasteiger partial charge is 0.216 e. The minimum atomic E-state index is -0.771. The second-order valence-corrected chi connectivity index (χ2v) is 3.83. The van der Waals surface area contributed by atoms with Gasteiger partial charge in [-0.25, -0.2) is 14.4 Å². The average molecular weight is 248 g/mol. The molecule has 1 aromatic heterocycles. The number of ether oxygens (including phenoxy) is 1. The van der Waals surface area contributed by atoms with Crippen LogP contribution in [-0.4, -0.2) is 22.2 Å². The van der Waals surface area contributed by atoms with Crippen molar-refractivity contribution in [2.45, 2.75) is 12.5 Å². The van der Waals surface area contributed by atoms with E-state index >= 15 is 0 Å². The highest BCUT2D eigenvalue weighted by atomic mass is 19.1. The van der Waals surface area contributed by atoms with E-state index in [4.69, 9.17) is 4.74 Å². The minimum Gasteiger partial charge on any atom is -0.481 e. The lowest BCUT2D eigenvalue weighted by Crippen LogP contribution is -2.05. The fourth-order valence-corrected chi connectivity index (χ4v) is 1.60. The number of halogens is 1. The summed E-state index contributed by atoms with van der Waals surface area (Å²) in [6.07, 6.45) is 0.926. The van der Waals surface area contributed by atoms with Gasteiger partial charge in [-0.1, -0.05) is 12.1 Å². The van der Waals surface area contributed by atoms with Crippen molar-refractivity contribution in [3.05, 3.63) is 53.7 Å². The molecule has 0 fully saturated rings. The topological polar surface area (TPSA) is 55.2 Å². The lowest BCUT2D eigenvalue weighted by atomic mass is 10.1. The van der Waals surface area contributed by atoms with Crippen LogP contribution in [0.4, 0.5) is 4.39 Å². The van der Waals surface area contributed by atoms with Gasteiger partial charge in [-0.3, -0.25) is 0 Å². The van der Waals surface area contributed by atoms with Crippen molar-refractivity contribution in [3.63, 3.8) is 0 Å². The number of aromatic nitrogens is 2. The van der Waals surface area contributed by atoms with Gasteiger partial charge in [0.05, 0.1) is 12.8 Å². The van der Waals surface area contributed by atoms with Gasteiger partial charge >= 0.3 is 0 Å². The summed E-state index contributed by atoms with van der Waals surface area (Å²) in [5, 5.41) is 10.0. The Hall–Kier alpha value is -2.01. The monoisotopic (exact) mass is 248 g/mol. The molecule has 0 aliphatic carbocycles. The molecule has 0 bridgehead atoms. The van der Waals surface area contributed by atoms with Crippen LogP contribution in [0.25, 0.3) is 0 Å². The zero-order valence-electron chi connectivity index (χ0n) is 9.88. The maximum atomic E-state index is 12.7. The lowest BCUT2D eigenvalue weighted by molar-refractivity contribution is 0.172. The van der Waals surface area contributed by atoms with Gasteiger partial charge in [0.25, 0.3) is 0 Å². The third-order valence-corrected chi connectivity index (χ3v) is 2.56. The maximum absolute atomic E-state index is 12.7. The Labute approximate surface area is 104 Å². The van der Waals surface area contributed by atoms with Crippen LogP contribution in [0, 0.1) is 5.82 Å². The molecule has 2 aromatic rings. The third-order valence-electron chi connectivity index (χ3n) is 2.56. The van der Waals surface area contributed by atoms with Gasteiger partial charge in [-0.05, 0) is 17.7 Å². The van der Waals surface area contributed by atoms with Crippen LogP contribution in [0.2, 0.25) is 0 Å². The SMILES string of the molecule is COc1cc(C(O)Cc2ccc(F)cc2)ncn1. The van der Waals surface area contributed by atoms with Crippen molar-refractivity contribution in [3.8, 4) is 5.88 Å². The highest BCUT2D eigenvalue weighted by Gasteiger charge is 2.11. The molecule has 0 radical (unpaired) electrons. The molecule has 1 unspecified atom stereocenters. The molecule has 0 spiro atoms. The first-order valence-electron chi connectivity index (χ1n) is 5.47. The van der Waals surface area contributed by atoms with Crippen molar-refractivity contribution in [2.24, 2.45) is 0 Å². The zero-order chi connectivity index (χ0) is 13.0. The number of aliphatic hydroxyl groups excluding tert-OH is 1. The molecule has 1 heterocycles. The van der Waals surface area contributed by atoms with Crippen molar-refractivity contribution in [1.29, 1.82) is 0 Å². The number of hydrogen-bond acceptors (Lipinski definition) is 4. The van der Waals surface area contributed by atoms with E-state index in [1.54, 1.807) is 18.2 Å². The first-order valence-corrected chi connectivity index (χ1v) is 5.47. The molecular weight excluding hydrogens is 235 g/mol. The molecule has 0 aliphatic heterocycles. The Balaban J connectivity index is 2.11. The third kappa shape index (κ3) is 3.01. The summed E-state index contributed by atoms with van der Waals surface area (Å²) in [5.74, 6) is 0.107. The first kappa shape index (κ1) is 12.4. The molecule has 0 saturated carbocycles. The summed E-state index contributed by atoms with van der Waals surface area (Å²) >= 11 is 0. The molecule has 0 aliphatic rings. The van der Waals surface area contributed by atoms with Gasteiger partial charge in [-0.2, -0.15) is 0 Å². The number of aliphatic hydroxyl groups is 1. The van der Waals surface area contributed by atoms with Crippen molar-refractivity contribution in [2.75, 3.05) is 7.11 Å². The summed E-state index contributed by atoms with van der Waals surface area (Å²) in [6.45, 7) is 0. The minimum absolute atomic E-state index is 0.294. The van der Waals surface area contributed by atoms with Crippen molar-refractivity contribution in [1.82, 2.24) is 9.97 Å². The van der Waals surface area contributed by atoms with Gasteiger partial charge in [0.15, 0.2) is 0 Å². The predicted molar refractivity (Wildman–Crippen MR) is 63.6 cm³/mol. The van der Waals surface area contributed by atoms with Gasteiger partial charge in [0, 0.05) is 12.5 Å². The molecule has 0 amide bonds. The normalized spacial score (nSPS) is 12.2.